The molecule has 1 aromatic heterocycles. The summed E-state index contributed by atoms with van der Waals surface area (Å²) in [7, 11) is 3.06. The Kier molecular flexibility index (Phi) is 5.12. The zero-order chi connectivity index (χ0) is 16.1. The minimum Gasteiger partial charge on any atom is -0.497 e. The molecule has 0 amide bonds. The molecule has 2 rings (SSSR count). The van der Waals surface area contributed by atoms with E-state index < -0.39 is 0 Å². The standard InChI is InChI=1S/C17H16O4S/c1-11(18)17-9-6-13(22-17)5-7-15(19)14-10-12(20-2)4-8-16(14)21-3/h4-10H,1-3H3/b7-5+. The number of ether oxygens (including phenoxy) is 2. The topological polar surface area (TPSA) is 52.6 Å². The van der Waals surface area contributed by atoms with Gasteiger partial charge in [-0.15, -0.1) is 11.3 Å². The lowest BCUT2D eigenvalue weighted by Gasteiger charge is -2.07. The third-order valence-electron chi connectivity index (χ3n) is 3.04. The van der Waals surface area contributed by atoms with Crippen molar-refractivity contribution in [3.8, 4) is 11.5 Å². The Hall–Kier alpha value is -2.40. The molecule has 2 aromatic rings. The van der Waals surface area contributed by atoms with Crippen molar-refractivity contribution in [1.82, 2.24) is 0 Å². The van der Waals surface area contributed by atoms with Crippen molar-refractivity contribution < 1.29 is 19.1 Å². The predicted molar refractivity (Wildman–Crippen MR) is 87.2 cm³/mol. The predicted octanol–water partition coefficient (Wildman–Crippen LogP) is 3.86. The Labute approximate surface area is 133 Å². The molecule has 114 valence electrons. The second kappa shape index (κ2) is 7.04. The van der Waals surface area contributed by atoms with Crippen LogP contribution in [0, 0.1) is 0 Å². The molecule has 0 spiro atoms. The summed E-state index contributed by atoms with van der Waals surface area (Å²) in [6, 6.07) is 8.63. The molecule has 0 unspecified atom stereocenters. The van der Waals surface area contributed by atoms with E-state index in [4.69, 9.17) is 9.47 Å². The molecule has 0 N–H and O–H groups in total. The van der Waals surface area contributed by atoms with Crippen molar-refractivity contribution in [3.05, 3.63) is 51.7 Å². The van der Waals surface area contributed by atoms with E-state index in [2.05, 4.69) is 0 Å². The monoisotopic (exact) mass is 316 g/mol. The molecule has 0 aliphatic carbocycles. The largest absolute Gasteiger partial charge is 0.497 e. The highest BCUT2D eigenvalue weighted by Crippen LogP contribution is 2.25. The summed E-state index contributed by atoms with van der Waals surface area (Å²) in [6.45, 7) is 1.52. The summed E-state index contributed by atoms with van der Waals surface area (Å²) in [6.07, 6.45) is 3.16. The Bertz CT molecular complexity index is 728. The van der Waals surface area contributed by atoms with Crippen molar-refractivity contribution >= 4 is 29.0 Å². The summed E-state index contributed by atoms with van der Waals surface area (Å²) >= 11 is 1.35. The summed E-state index contributed by atoms with van der Waals surface area (Å²) in [5.74, 6) is 0.914. The number of carbonyl (C=O) groups is 2. The Morgan fingerprint density at radius 3 is 2.45 bits per heavy atom. The van der Waals surface area contributed by atoms with E-state index in [0.29, 0.717) is 21.9 Å². The molecule has 0 bridgehead atoms. The summed E-state index contributed by atoms with van der Waals surface area (Å²) < 4.78 is 10.3. The third-order valence-corrected chi connectivity index (χ3v) is 4.20. The minimum atomic E-state index is -0.187. The van der Waals surface area contributed by atoms with Crippen LogP contribution in [0.25, 0.3) is 6.08 Å². The molecule has 0 aliphatic heterocycles. The summed E-state index contributed by atoms with van der Waals surface area (Å²) in [4.78, 5) is 25.1. The summed E-state index contributed by atoms with van der Waals surface area (Å²) in [5.41, 5.74) is 0.432. The number of hydrogen-bond acceptors (Lipinski definition) is 5. The Morgan fingerprint density at radius 1 is 1.09 bits per heavy atom. The van der Waals surface area contributed by atoms with Gasteiger partial charge in [-0.2, -0.15) is 0 Å². The van der Waals surface area contributed by atoms with Crippen LogP contribution in [0.1, 0.15) is 31.8 Å². The van der Waals surface area contributed by atoms with Gasteiger partial charge in [0.2, 0.25) is 0 Å². The molecule has 0 saturated heterocycles. The van der Waals surface area contributed by atoms with Crippen molar-refractivity contribution in [3.63, 3.8) is 0 Å². The number of benzene rings is 1. The zero-order valence-electron chi connectivity index (χ0n) is 12.6. The van der Waals surface area contributed by atoms with Gasteiger partial charge in [0.05, 0.1) is 24.7 Å². The van der Waals surface area contributed by atoms with Gasteiger partial charge < -0.3 is 9.47 Å². The maximum absolute atomic E-state index is 12.3. The van der Waals surface area contributed by atoms with E-state index in [0.717, 1.165) is 4.88 Å². The fourth-order valence-electron chi connectivity index (χ4n) is 1.89. The molecule has 22 heavy (non-hydrogen) atoms. The van der Waals surface area contributed by atoms with Gasteiger partial charge in [-0.05, 0) is 49.4 Å². The molecule has 4 nitrogen and oxygen atoms in total. The lowest BCUT2D eigenvalue weighted by atomic mass is 10.1. The van der Waals surface area contributed by atoms with Crippen LogP contribution in [0.5, 0.6) is 11.5 Å². The lowest BCUT2D eigenvalue weighted by molar-refractivity contribution is 0.101. The number of rotatable bonds is 6. The van der Waals surface area contributed by atoms with Crippen molar-refractivity contribution in [2.45, 2.75) is 6.92 Å². The van der Waals surface area contributed by atoms with Gasteiger partial charge in [0.15, 0.2) is 11.6 Å². The first-order chi connectivity index (χ1) is 10.5. The smallest absolute Gasteiger partial charge is 0.189 e. The van der Waals surface area contributed by atoms with Crippen molar-refractivity contribution in [2.24, 2.45) is 0 Å². The lowest BCUT2D eigenvalue weighted by Crippen LogP contribution is -1.99. The number of allylic oxidation sites excluding steroid dienone is 1. The van der Waals surface area contributed by atoms with Gasteiger partial charge in [0.25, 0.3) is 0 Å². The quantitative estimate of drug-likeness (QED) is 0.600. The number of Topliss-reactive ketones (excluding diaryl/α,β-unsaturated/α-hetero) is 1. The molecular weight excluding hydrogens is 300 g/mol. The molecule has 5 heteroatoms. The average Bonchev–Trinajstić information content (AvgIpc) is 3.01. The maximum atomic E-state index is 12.3. The van der Waals surface area contributed by atoms with Crippen LogP contribution in [0.4, 0.5) is 0 Å². The van der Waals surface area contributed by atoms with Crippen LogP contribution in [-0.2, 0) is 0 Å². The number of methoxy groups -OCH3 is 2. The van der Waals surface area contributed by atoms with Gasteiger partial charge >= 0.3 is 0 Å². The van der Waals surface area contributed by atoms with Gasteiger partial charge in [-0.3, -0.25) is 9.59 Å². The van der Waals surface area contributed by atoms with Crippen LogP contribution in [0.2, 0.25) is 0 Å². The summed E-state index contributed by atoms with van der Waals surface area (Å²) in [5, 5.41) is 0. The number of hydrogen-bond donors (Lipinski definition) is 0. The van der Waals surface area contributed by atoms with E-state index in [1.54, 1.807) is 37.5 Å². The fraction of sp³-hybridized carbons (Fsp3) is 0.176. The SMILES string of the molecule is COc1ccc(OC)c(C(=O)/C=C/c2ccc(C(C)=O)s2)c1. The maximum Gasteiger partial charge on any atom is 0.189 e. The molecule has 0 saturated carbocycles. The Balaban J connectivity index is 2.24. The Morgan fingerprint density at radius 2 is 1.86 bits per heavy atom. The molecular formula is C17H16O4S. The van der Waals surface area contributed by atoms with E-state index in [-0.39, 0.29) is 11.6 Å². The van der Waals surface area contributed by atoms with E-state index in [1.165, 1.54) is 31.4 Å². The first-order valence-electron chi connectivity index (χ1n) is 6.60. The second-order valence-corrected chi connectivity index (χ2v) is 5.64. The van der Waals surface area contributed by atoms with E-state index in [1.807, 2.05) is 6.07 Å². The molecule has 0 fully saturated rings. The molecule has 1 aromatic carbocycles. The van der Waals surface area contributed by atoms with Gasteiger partial charge in [-0.25, -0.2) is 0 Å². The van der Waals surface area contributed by atoms with E-state index >= 15 is 0 Å². The highest BCUT2D eigenvalue weighted by molar-refractivity contribution is 7.14. The third kappa shape index (κ3) is 3.62. The van der Waals surface area contributed by atoms with Crippen LogP contribution < -0.4 is 9.47 Å². The van der Waals surface area contributed by atoms with Crippen molar-refractivity contribution in [2.75, 3.05) is 14.2 Å². The van der Waals surface area contributed by atoms with Crippen LogP contribution in [0.15, 0.2) is 36.4 Å². The second-order valence-electron chi connectivity index (χ2n) is 4.52. The normalized spacial score (nSPS) is 10.7. The molecule has 1 heterocycles. The first-order valence-corrected chi connectivity index (χ1v) is 7.42. The van der Waals surface area contributed by atoms with Gasteiger partial charge in [0, 0.05) is 4.88 Å². The molecule has 0 atom stereocenters. The number of carbonyl (C=O) groups excluding carboxylic acids is 2. The van der Waals surface area contributed by atoms with Crippen molar-refractivity contribution in [1.29, 1.82) is 0 Å². The number of thiophene rings is 1. The van der Waals surface area contributed by atoms with Crippen LogP contribution in [-0.4, -0.2) is 25.8 Å². The molecule has 0 radical (unpaired) electrons. The highest BCUT2D eigenvalue weighted by atomic mass is 32.1. The highest BCUT2D eigenvalue weighted by Gasteiger charge is 2.11. The first kappa shape index (κ1) is 16.0. The van der Waals surface area contributed by atoms with Gasteiger partial charge in [-0.1, -0.05) is 0 Å². The van der Waals surface area contributed by atoms with Crippen LogP contribution >= 0.6 is 11.3 Å². The number of ketones is 2. The molecule has 0 aliphatic rings. The van der Waals surface area contributed by atoms with Gasteiger partial charge in [0.1, 0.15) is 11.5 Å². The van der Waals surface area contributed by atoms with E-state index in [9.17, 15) is 9.59 Å². The fourth-order valence-corrected chi connectivity index (χ4v) is 2.69. The zero-order valence-corrected chi connectivity index (χ0v) is 13.4. The minimum absolute atomic E-state index is 0.0189. The van der Waals surface area contributed by atoms with Crippen LogP contribution in [0.3, 0.4) is 0 Å². The average molecular weight is 316 g/mol.